The number of nitrogens with one attached hydrogen (secondary N) is 2. The van der Waals surface area contributed by atoms with Crippen molar-refractivity contribution in [3.8, 4) is 0 Å². The summed E-state index contributed by atoms with van der Waals surface area (Å²) in [5, 5.41) is 16.2. The Balaban J connectivity index is 1.75. The number of piperidine rings is 1. The summed E-state index contributed by atoms with van der Waals surface area (Å²) in [6.45, 7) is 8.37. The van der Waals surface area contributed by atoms with Crippen molar-refractivity contribution in [3.05, 3.63) is 0 Å². The lowest BCUT2D eigenvalue weighted by atomic mass is 9.64. The molecule has 3 N–H and O–H groups in total. The van der Waals surface area contributed by atoms with Crippen molar-refractivity contribution in [3.63, 3.8) is 0 Å². The SMILES string of the molecule is CC(CC(=O)NC1CC(O)C1(C)C)C1CCCNC1. The number of aliphatic hydroxyl groups is 1. The Morgan fingerprint density at radius 2 is 2.26 bits per heavy atom. The maximum atomic E-state index is 12.1. The van der Waals surface area contributed by atoms with E-state index in [0.29, 0.717) is 24.7 Å². The summed E-state index contributed by atoms with van der Waals surface area (Å²) in [5.74, 6) is 1.20. The Morgan fingerprint density at radius 1 is 1.53 bits per heavy atom. The van der Waals surface area contributed by atoms with E-state index in [1.54, 1.807) is 0 Å². The fraction of sp³-hybridized carbons (Fsp3) is 0.933. The summed E-state index contributed by atoms with van der Waals surface area (Å²) in [5.41, 5.74) is -0.175. The van der Waals surface area contributed by atoms with E-state index < -0.39 is 0 Å². The zero-order valence-electron chi connectivity index (χ0n) is 12.4. The van der Waals surface area contributed by atoms with Crippen LogP contribution < -0.4 is 10.6 Å². The molecular formula is C15H28N2O2. The first-order valence-electron chi connectivity index (χ1n) is 7.59. The van der Waals surface area contributed by atoms with Gasteiger partial charge in [0.05, 0.1) is 6.10 Å². The number of hydrogen-bond acceptors (Lipinski definition) is 3. The highest BCUT2D eigenvalue weighted by molar-refractivity contribution is 5.76. The summed E-state index contributed by atoms with van der Waals surface area (Å²) >= 11 is 0. The van der Waals surface area contributed by atoms with Gasteiger partial charge in [0, 0.05) is 17.9 Å². The van der Waals surface area contributed by atoms with Crippen molar-refractivity contribution in [2.75, 3.05) is 13.1 Å². The first-order valence-corrected chi connectivity index (χ1v) is 7.59. The zero-order chi connectivity index (χ0) is 14.0. The largest absolute Gasteiger partial charge is 0.392 e. The molecule has 1 aliphatic heterocycles. The Labute approximate surface area is 116 Å². The minimum Gasteiger partial charge on any atom is -0.392 e. The van der Waals surface area contributed by atoms with Crippen LogP contribution in [0.3, 0.4) is 0 Å². The molecule has 1 aliphatic carbocycles. The first kappa shape index (κ1) is 14.8. The van der Waals surface area contributed by atoms with Crippen LogP contribution >= 0.6 is 0 Å². The van der Waals surface area contributed by atoms with Crippen molar-refractivity contribution in [2.45, 2.75) is 58.6 Å². The van der Waals surface area contributed by atoms with Gasteiger partial charge in [0.2, 0.25) is 5.91 Å². The van der Waals surface area contributed by atoms with Crippen molar-refractivity contribution >= 4 is 5.91 Å². The van der Waals surface area contributed by atoms with Gasteiger partial charge < -0.3 is 15.7 Å². The van der Waals surface area contributed by atoms with Gasteiger partial charge in [-0.3, -0.25) is 4.79 Å². The minimum absolute atomic E-state index is 0.131. The summed E-state index contributed by atoms with van der Waals surface area (Å²) in [4.78, 5) is 12.1. The topological polar surface area (TPSA) is 61.4 Å². The van der Waals surface area contributed by atoms with E-state index in [9.17, 15) is 9.90 Å². The molecule has 1 amide bonds. The molecule has 1 saturated carbocycles. The normalized spacial score (nSPS) is 35.3. The zero-order valence-corrected chi connectivity index (χ0v) is 12.4. The number of carbonyl (C=O) groups excluding carboxylic acids is 1. The third kappa shape index (κ3) is 3.29. The van der Waals surface area contributed by atoms with Crippen LogP contribution in [0.5, 0.6) is 0 Å². The molecule has 4 atom stereocenters. The second-order valence-electron chi connectivity index (χ2n) is 6.98. The molecule has 0 spiro atoms. The van der Waals surface area contributed by atoms with Crippen molar-refractivity contribution in [2.24, 2.45) is 17.3 Å². The van der Waals surface area contributed by atoms with Crippen LogP contribution in [-0.2, 0) is 4.79 Å². The van der Waals surface area contributed by atoms with E-state index >= 15 is 0 Å². The number of carbonyl (C=O) groups is 1. The highest BCUT2D eigenvalue weighted by Gasteiger charge is 2.47. The van der Waals surface area contributed by atoms with Gasteiger partial charge in [-0.2, -0.15) is 0 Å². The van der Waals surface area contributed by atoms with Crippen molar-refractivity contribution in [1.82, 2.24) is 10.6 Å². The van der Waals surface area contributed by atoms with E-state index in [-0.39, 0.29) is 23.5 Å². The molecule has 19 heavy (non-hydrogen) atoms. The quantitative estimate of drug-likeness (QED) is 0.720. The highest BCUT2D eigenvalue weighted by Crippen LogP contribution is 2.40. The molecule has 4 nitrogen and oxygen atoms in total. The molecule has 0 aromatic heterocycles. The van der Waals surface area contributed by atoms with E-state index in [2.05, 4.69) is 17.6 Å². The van der Waals surface area contributed by atoms with Crippen molar-refractivity contribution in [1.29, 1.82) is 0 Å². The fourth-order valence-electron chi connectivity index (χ4n) is 3.22. The number of amides is 1. The van der Waals surface area contributed by atoms with Gasteiger partial charge in [-0.15, -0.1) is 0 Å². The summed E-state index contributed by atoms with van der Waals surface area (Å²) in [7, 11) is 0. The van der Waals surface area contributed by atoms with E-state index in [1.807, 2.05) is 13.8 Å². The lowest BCUT2D eigenvalue weighted by molar-refractivity contribution is -0.130. The monoisotopic (exact) mass is 268 g/mol. The first-order chi connectivity index (χ1) is 8.91. The van der Waals surface area contributed by atoms with Gasteiger partial charge in [0.1, 0.15) is 0 Å². The Hall–Kier alpha value is -0.610. The van der Waals surface area contributed by atoms with Crippen LogP contribution in [0.4, 0.5) is 0 Å². The molecule has 110 valence electrons. The molecule has 2 aliphatic rings. The Morgan fingerprint density at radius 3 is 2.79 bits per heavy atom. The van der Waals surface area contributed by atoms with Crippen LogP contribution in [0.1, 0.15) is 46.5 Å². The van der Waals surface area contributed by atoms with Gasteiger partial charge in [-0.25, -0.2) is 0 Å². The molecular weight excluding hydrogens is 240 g/mol. The van der Waals surface area contributed by atoms with Gasteiger partial charge in [-0.1, -0.05) is 20.8 Å². The molecule has 2 fully saturated rings. The maximum absolute atomic E-state index is 12.1. The third-order valence-electron chi connectivity index (χ3n) is 5.20. The maximum Gasteiger partial charge on any atom is 0.220 e. The molecule has 0 radical (unpaired) electrons. The van der Waals surface area contributed by atoms with Crippen LogP contribution in [0.25, 0.3) is 0 Å². The van der Waals surface area contributed by atoms with Gasteiger partial charge in [0.25, 0.3) is 0 Å². The average Bonchev–Trinajstić information content (AvgIpc) is 2.39. The van der Waals surface area contributed by atoms with Gasteiger partial charge in [0.15, 0.2) is 0 Å². The molecule has 0 aromatic rings. The molecule has 0 bridgehead atoms. The number of aliphatic hydroxyl groups excluding tert-OH is 1. The van der Waals surface area contributed by atoms with E-state index in [4.69, 9.17) is 0 Å². The fourth-order valence-corrected chi connectivity index (χ4v) is 3.22. The minimum atomic E-state index is -0.280. The van der Waals surface area contributed by atoms with Crippen LogP contribution in [0.15, 0.2) is 0 Å². The number of rotatable bonds is 4. The van der Waals surface area contributed by atoms with Crippen LogP contribution in [0, 0.1) is 17.3 Å². The molecule has 4 heteroatoms. The second-order valence-corrected chi connectivity index (χ2v) is 6.98. The van der Waals surface area contributed by atoms with E-state index in [1.165, 1.54) is 12.8 Å². The lowest BCUT2D eigenvalue weighted by Gasteiger charge is -2.49. The lowest BCUT2D eigenvalue weighted by Crippen LogP contribution is -2.61. The second kappa shape index (κ2) is 5.80. The third-order valence-corrected chi connectivity index (χ3v) is 5.20. The molecule has 2 rings (SSSR count). The Bertz CT molecular complexity index is 324. The Kier molecular flexibility index (Phi) is 4.51. The predicted octanol–water partition coefficient (Wildman–Crippen LogP) is 1.29. The van der Waals surface area contributed by atoms with Gasteiger partial charge in [-0.05, 0) is 44.2 Å². The van der Waals surface area contributed by atoms with Gasteiger partial charge >= 0.3 is 0 Å². The predicted molar refractivity (Wildman–Crippen MR) is 75.7 cm³/mol. The average molecular weight is 268 g/mol. The van der Waals surface area contributed by atoms with Crippen molar-refractivity contribution < 1.29 is 9.90 Å². The number of hydrogen-bond donors (Lipinski definition) is 3. The highest BCUT2D eigenvalue weighted by atomic mass is 16.3. The smallest absolute Gasteiger partial charge is 0.220 e. The summed E-state index contributed by atoms with van der Waals surface area (Å²) < 4.78 is 0. The van der Waals surface area contributed by atoms with Crippen LogP contribution in [0.2, 0.25) is 0 Å². The van der Waals surface area contributed by atoms with Crippen LogP contribution in [-0.4, -0.2) is 36.2 Å². The standard InChI is InChI=1S/C15H28N2O2/c1-10(11-5-4-6-16-9-11)7-14(19)17-12-8-13(18)15(12,2)3/h10-13,16,18H,4-9H2,1-3H3,(H,17,19). The molecule has 1 saturated heterocycles. The molecule has 4 unspecified atom stereocenters. The summed E-state index contributed by atoms with van der Waals surface area (Å²) in [6, 6.07) is 0.131. The van der Waals surface area contributed by atoms with E-state index in [0.717, 1.165) is 13.1 Å². The summed E-state index contributed by atoms with van der Waals surface area (Å²) in [6.07, 6.45) is 3.47. The molecule has 1 heterocycles. The molecule has 0 aromatic carbocycles.